The molecule has 1 aromatic carbocycles. The van der Waals surface area contributed by atoms with E-state index in [2.05, 4.69) is 11.9 Å². The number of nitrogens with zero attached hydrogens (tertiary/aromatic N) is 2. The maximum absolute atomic E-state index is 12.6. The largest absolute Gasteiger partial charge is 0.490 e. The van der Waals surface area contributed by atoms with Crippen LogP contribution in [0.1, 0.15) is 22.9 Å². The Morgan fingerprint density at radius 3 is 2.72 bits per heavy atom. The Morgan fingerprint density at radius 1 is 1.32 bits per heavy atom. The number of hydrogen-bond donors (Lipinski definition) is 1. The van der Waals surface area contributed by atoms with E-state index >= 15 is 0 Å². The van der Waals surface area contributed by atoms with E-state index in [-0.39, 0.29) is 18.7 Å². The summed E-state index contributed by atoms with van der Waals surface area (Å²) in [7, 11) is 0. The van der Waals surface area contributed by atoms with Crippen LogP contribution in [-0.2, 0) is 13.0 Å². The van der Waals surface area contributed by atoms with E-state index in [0.29, 0.717) is 5.39 Å². The number of aliphatic hydroxyl groups excluding tert-OH is 1. The van der Waals surface area contributed by atoms with E-state index in [1.807, 2.05) is 38.1 Å². The van der Waals surface area contributed by atoms with Crippen molar-refractivity contribution >= 4 is 21.6 Å². The standard InChI is InChI=1S/C19H22N2O3S/c1-4-15-8-16-18(25-15)20-11-21(19(16)23)9-14(22)10-24-17-12(2)6-5-7-13(17)3/h5-8,11,14,22H,4,9-10H2,1-3H3/t14-/m1/s1. The van der Waals surface area contributed by atoms with Gasteiger partial charge in [0, 0.05) is 4.88 Å². The molecular formula is C19H22N2O3S. The van der Waals surface area contributed by atoms with Crippen molar-refractivity contribution in [3.05, 3.63) is 57.0 Å². The van der Waals surface area contributed by atoms with Crippen LogP contribution in [0.25, 0.3) is 10.2 Å². The molecule has 0 saturated heterocycles. The molecule has 0 aliphatic heterocycles. The first kappa shape index (κ1) is 17.6. The lowest BCUT2D eigenvalue weighted by Crippen LogP contribution is -2.30. The smallest absolute Gasteiger partial charge is 0.262 e. The summed E-state index contributed by atoms with van der Waals surface area (Å²) in [4.78, 5) is 18.8. The minimum atomic E-state index is -0.791. The number of aliphatic hydroxyl groups is 1. The Kier molecular flexibility index (Phi) is 5.20. The molecule has 1 N–H and O–H groups in total. The third kappa shape index (κ3) is 3.75. The zero-order valence-corrected chi connectivity index (χ0v) is 15.5. The number of para-hydroxylation sites is 1. The fourth-order valence-electron chi connectivity index (χ4n) is 2.80. The van der Waals surface area contributed by atoms with Crippen LogP contribution >= 0.6 is 11.3 Å². The number of aromatic nitrogens is 2. The summed E-state index contributed by atoms with van der Waals surface area (Å²) >= 11 is 1.54. The third-order valence-corrected chi connectivity index (χ3v) is 5.34. The van der Waals surface area contributed by atoms with Gasteiger partial charge in [-0.3, -0.25) is 9.36 Å². The van der Waals surface area contributed by atoms with Crippen molar-refractivity contribution in [2.45, 2.75) is 39.8 Å². The molecule has 0 fully saturated rings. The van der Waals surface area contributed by atoms with E-state index in [1.54, 1.807) is 0 Å². The predicted octanol–water partition coefficient (Wildman–Crippen LogP) is 3.08. The lowest BCUT2D eigenvalue weighted by atomic mass is 10.1. The minimum absolute atomic E-state index is 0.118. The molecular weight excluding hydrogens is 336 g/mol. The maximum atomic E-state index is 12.6. The molecule has 3 rings (SSSR count). The summed E-state index contributed by atoms with van der Waals surface area (Å²) in [5, 5.41) is 10.9. The van der Waals surface area contributed by atoms with Gasteiger partial charge in [-0.05, 0) is 37.5 Å². The molecule has 0 spiro atoms. The monoisotopic (exact) mass is 358 g/mol. The van der Waals surface area contributed by atoms with Crippen molar-refractivity contribution < 1.29 is 9.84 Å². The van der Waals surface area contributed by atoms with Gasteiger partial charge in [0.2, 0.25) is 0 Å². The molecule has 3 aromatic rings. The van der Waals surface area contributed by atoms with Crippen molar-refractivity contribution in [3.63, 3.8) is 0 Å². The Balaban J connectivity index is 1.72. The van der Waals surface area contributed by atoms with Crippen LogP contribution in [0.4, 0.5) is 0 Å². The lowest BCUT2D eigenvalue weighted by Gasteiger charge is -2.16. The Bertz CT molecular complexity index is 925. The van der Waals surface area contributed by atoms with Gasteiger partial charge >= 0.3 is 0 Å². The number of hydrogen-bond acceptors (Lipinski definition) is 5. The molecule has 2 heterocycles. The zero-order valence-electron chi connectivity index (χ0n) is 14.7. The summed E-state index contributed by atoms with van der Waals surface area (Å²) in [6.45, 7) is 6.28. The maximum Gasteiger partial charge on any atom is 0.262 e. The summed E-state index contributed by atoms with van der Waals surface area (Å²) in [6.07, 6.45) is 1.59. The topological polar surface area (TPSA) is 64.4 Å². The number of fused-ring (bicyclic) bond motifs is 1. The van der Waals surface area contributed by atoms with Crippen LogP contribution in [0.2, 0.25) is 0 Å². The van der Waals surface area contributed by atoms with Gasteiger partial charge in [-0.1, -0.05) is 25.1 Å². The number of benzene rings is 1. The first-order chi connectivity index (χ1) is 12.0. The Labute approximate surface area is 150 Å². The van der Waals surface area contributed by atoms with Gasteiger partial charge in [0.05, 0.1) is 18.3 Å². The van der Waals surface area contributed by atoms with Crippen LogP contribution in [0.15, 0.2) is 35.4 Å². The summed E-state index contributed by atoms with van der Waals surface area (Å²) in [6, 6.07) is 7.81. The van der Waals surface area contributed by atoms with Gasteiger partial charge in [0.25, 0.3) is 5.56 Å². The van der Waals surface area contributed by atoms with Gasteiger partial charge in [-0.15, -0.1) is 11.3 Å². The molecule has 1 atom stereocenters. The van der Waals surface area contributed by atoms with Crippen LogP contribution in [0.5, 0.6) is 5.75 Å². The van der Waals surface area contributed by atoms with Gasteiger partial charge in [-0.2, -0.15) is 0 Å². The second kappa shape index (κ2) is 7.37. The molecule has 0 bridgehead atoms. The van der Waals surface area contributed by atoms with Crippen molar-refractivity contribution in [2.24, 2.45) is 0 Å². The summed E-state index contributed by atoms with van der Waals surface area (Å²) in [5.74, 6) is 0.785. The average Bonchev–Trinajstić information content (AvgIpc) is 3.01. The third-order valence-electron chi connectivity index (χ3n) is 4.15. The number of ether oxygens (including phenoxy) is 1. The molecule has 0 radical (unpaired) electrons. The first-order valence-corrected chi connectivity index (χ1v) is 9.16. The minimum Gasteiger partial charge on any atom is -0.490 e. The van der Waals surface area contributed by atoms with Crippen LogP contribution in [-0.4, -0.2) is 27.4 Å². The van der Waals surface area contributed by atoms with Crippen LogP contribution < -0.4 is 10.3 Å². The van der Waals surface area contributed by atoms with Crippen LogP contribution in [0, 0.1) is 13.8 Å². The predicted molar refractivity (Wildman–Crippen MR) is 101 cm³/mol. The number of thiophene rings is 1. The van der Waals surface area contributed by atoms with Gasteiger partial charge in [-0.25, -0.2) is 4.98 Å². The van der Waals surface area contributed by atoms with Crippen LogP contribution in [0.3, 0.4) is 0 Å². The highest BCUT2D eigenvalue weighted by Gasteiger charge is 2.13. The van der Waals surface area contributed by atoms with Crippen molar-refractivity contribution in [1.82, 2.24) is 9.55 Å². The second-order valence-corrected chi connectivity index (χ2v) is 7.29. The van der Waals surface area contributed by atoms with Gasteiger partial charge in [0.1, 0.15) is 23.3 Å². The molecule has 25 heavy (non-hydrogen) atoms. The zero-order chi connectivity index (χ0) is 18.0. The van der Waals surface area contributed by atoms with Gasteiger partial charge in [0.15, 0.2) is 0 Å². The molecule has 5 nitrogen and oxygen atoms in total. The molecule has 2 aromatic heterocycles. The molecule has 0 amide bonds. The molecule has 0 aliphatic carbocycles. The molecule has 0 aliphatic rings. The van der Waals surface area contributed by atoms with E-state index in [9.17, 15) is 9.90 Å². The SMILES string of the molecule is CCc1cc2c(=O)n(C[C@@H](O)COc3c(C)cccc3C)cnc2s1. The highest BCUT2D eigenvalue weighted by molar-refractivity contribution is 7.18. The van der Waals surface area contributed by atoms with Crippen molar-refractivity contribution in [2.75, 3.05) is 6.61 Å². The highest BCUT2D eigenvalue weighted by Crippen LogP contribution is 2.23. The molecule has 6 heteroatoms. The normalized spacial score (nSPS) is 12.5. The average molecular weight is 358 g/mol. The van der Waals surface area contributed by atoms with Crippen molar-refractivity contribution in [1.29, 1.82) is 0 Å². The summed E-state index contributed by atoms with van der Waals surface area (Å²) in [5.41, 5.74) is 1.93. The second-order valence-electron chi connectivity index (χ2n) is 6.17. The fourth-order valence-corrected chi connectivity index (χ4v) is 3.73. The highest BCUT2D eigenvalue weighted by atomic mass is 32.1. The summed E-state index contributed by atoms with van der Waals surface area (Å²) < 4.78 is 7.22. The first-order valence-electron chi connectivity index (χ1n) is 8.34. The molecule has 0 unspecified atom stereocenters. The van der Waals surface area contributed by atoms with Gasteiger partial charge < -0.3 is 9.84 Å². The quantitative estimate of drug-likeness (QED) is 0.735. The lowest BCUT2D eigenvalue weighted by molar-refractivity contribution is 0.0908. The van der Waals surface area contributed by atoms with E-state index in [1.165, 1.54) is 22.2 Å². The van der Waals surface area contributed by atoms with E-state index in [0.717, 1.165) is 33.0 Å². The Morgan fingerprint density at radius 2 is 2.04 bits per heavy atom. The number of aryl methyl sites for hydroxylation is 3. The van der Waals surface area contributed by atoms with E-state index < -0.39 is 6.10 Å². The van der Waals surface area contributed by atoms with E-state index in [4.69, 9.17) is 4.74 Å². The molecule has 0 saturated carbocycles. The van der Waals surface area contributed by atoms with Crippen molar-refractivity contribution in [3.8, 4) is 5.75 Å². The fraction of sp³-hybridized carbons (Fsp3) is 0.368. The molecule has 132 valence electrons. The Hall–Kier alpha value is -2.18. The number of rotatable bonds is 6.